The zero-order chi connectivity index (χ0) is 12.3. The summed E-state index contributed by atoms with van der Waals surface area (Å²) < 4.78 is 1.95. The van der Waals surface area contributed by atoms with Gasteiger partial charge in [-0.1, -0.05) is 12.8 Å². The lowest BCUT2D eigenvalue weighted by Gasteiger charge is -1.99. The number of rotatable bonds is 2. The molecule has 2 aromatic rings. The fourth-order valence-electron chi connectivity index (χ4n) is 1.62. The van der Waals surface area contributed by atoms with Gasteiger partial charge < -0.3 is 10.3 Å². The van der Waals surface area contributed by atoms with E-state index in [0.717, 1.165) is 25.0 Å². The van der Waals surface area contributed by atoms with Crippen molar-refractivity contribution in [2.24, 2.45) is 0 Å². The van der Waals surface area contributed by atoms with Gasteiger partial charge in [0.1, 0.15) is 6.33 Å². The summed E-state index contributed by atoms with van der Waals surface area (Å²) >= 11 is 0. The van der Waals surface area contributed by atoms with E-state index in [-0.39, 0.29) is 0 Å². The zero-order valence-corrected chi connectivity index (χ0v) is 10.1. The number of fused-ring (bicyclic) bond motifs is 1. The van der Waals surface area contributed by atoms with E-state index in [9.17, 15) is 0 Å². The van der Waals surface area contributed by atoms with Gasteiger partial charge in [-0.25, -0.2) is 15.0 Å². The minimum absolute atomic E-state index is 0.403. The number of nitrogen functional groups attached to an aromatic ring is 1. The van der Waals surface area contributed by atoms with Crippen LogP contribution < -0.4 is 5.73 Å². The first kappa shape index (κ1) is 11.4. The lowest BCUT2D eigenvalue weighted by Crippen LogP contribution is -1.99. The second-order valence-electron chi connectivity index (χ2n) is 3.66. The van der Waals surface area contributed by atoms with E-state index in [4.69, 9.17) is 5.73 Å². The third kappa shape index (κ3) is 2.07. The lowest BCUT2D eigenvalue weighted by molar-refractivity contribution is 0.765. The molecule has 0 aromatic carbocycles. The molecule has 17 heavy (non-hydrogen) atoms. The van der Waals surface area contributed by atoms with Gasteiger partial charge in [-0.3, -0.25) is 0 Å². The molecule has 2 heterocycles. The van der Waals surface area contributed by atoms with E-state index in [1.807, 2.05) is 11.5 Å². The van der Waals surface area contributed by atoms with Crippen molar-refractivity contribution in [2.45, 2.75) is 33.2 Å². The largest absolute Gasteiger partial charge is 0.382 e. The second kappa shape index (κ2) is 4.83. The van der Waals surface area contributed by atoms with E-state index in [2.05, 4.69) is 33.7 Å². The van der Waals surface area contributed by atoms with Crippen LogP contribution in [0.15, 0.2) is 6.33 Å². The van der Waals surface area contributed by atoms with Crippen molar-refractivity contribution in [1.29, 1.82) is 0 Å². The molecule has 0 aliphatic carbocycles. The molecule has 0 radical (unpaired) electrons. The summed E-state index contributed by atoms with van der Waals surface area (Å²) in [5, 5.41) is 0. The van der Waals surface area contributed by atoms with Gasteiger partial charge in [0.15, 0.2) is 22.8 Å². The molecule has 0 fully saturated rings. The predicted molar refractivity (Wildman–Crippen MR) is 67.2 cm³/mol. The van der Waals surface area contributed by atoms with Gasteiger partial charge in [0, 0.05) is 13.0 Å². The SMILES string of the molecule is CCCC#Cc1nc2c(N)ncnc2n1CC. The quantitative estimate of drug-likeness (QED) is 0.794. The van der Waals surface area contributed by atoms with Gasteiger partial charge in [-0.2, -0.15) is 0 Å². The summed E-state index contributed by atoms with van der Waals surface area (Å²) in [5.41, 5.74) is 7.16. The summed E-state index contributed by atoms with van der Waals surface area (Å²) in [4.78, 5) is 12.5. The first-order valence-corrected chi connectivity index (χ1v) is 5.73. The van der Waals surface area contributed by atoms with Crippen molar-refractivity contribution >= 4 is 17.0 Å². The number of nitrogens with zero attached hydrogens (tertiary/aromatic N) is 4. The third-order valence-electron chi connectivity index (χ3n) is 2.45. The highest BCUT2D eigenvalue weighted by atomic mass is 15.1. The molecule has 0 saturated heterocycles. The standard InChI is InChI=1S/C12H15N5/c1-3-5-6-7-9-16-10-11(13)14-8-15-12(10)17(9)4-2/h8H,3-5H2,1-2H3,(H2,13,14,15). The van der Waals surface area contributed by atoms with Gasteiger partial charge in [0.05, 0.1) is 0 Å². The molecule has 0 saturated carbocycles. The van der Waals surface area contributed by atoms with E-state index in [1.54, 1.807) is 0 Å². The Bertz CT molecular complexity index is 588. The molecule has 0 amide bonds. The van der Waals surface area contributed by atoms with Crippen molar-refractivity contribution < 1.29 is 0 Å². The van der Waals surface area contributed by atoms with Crippen LogP contribution in [0, 0.1) is 11.8 Å². The summed E-state index contributed by atoms with van der Waals surface area (Å²) in [6, 6.07) is 0. The van der Waals surface area contributed by atoms with Gasteiger partial charge in [-0.05, 0) is 19.3 Å². The normalized spacial score (nSPS) is 10.2. The lowest BCUT2D eigenvalue weighted by atomic mass is 10.3. The monoisotopic (exact) mass is 229 g/mol. The van der Waals surface area contributed by atoms with Crippen LogP contribution in [0.1, 0.15) is 32.5 Å². The van der Waals surface area contributed by atoms with Crippen LogP contribution in [0.2, 0.25) is 0 Å². The molecule has 0 aliphatic rings. The maximum Gasteiger partial charge on any atom is 0.187 e. The minimum atomic E-state index is 0.403. The van der Waals surface area contributed by atoms with Gasteiger partial charge in [0.2, 0.25) is 0 Å². The molecule has 88 valence electrons. The topological polar surface area (TPSA) is 69.6 Å². The highest BCUT2D eigenvalue weighted by Gasteiger charge is 2.11. The van der Waals surface area contributed by atoms with Crippen molar-refractivity contribution in [3.8, 4) is 11.8 Å². The number of hydrogen-bond acceptors (Lipinski definition) is 4. The van der Waals surface area contributed by atoms with E-state index >= 15 is 0 Å². The van der Waals surface area contributed by atoms with Crippen LogP contribution in [-0.2, 0) is 6.54 Å². The molecule has 0 bridgehead atoms. The Hall–Kier alpha value is -2.09. The van der Waals surface area contributed by atoms with E-state index in [1.165, 1.54) is 6.33 Å². The number of unbranched alkanes of at least 4 members (excludes halogenated alkanes) is 1. The Morgan fingerprint density at radius 2 is 2.18 bits per heavy atom. The average Bonchev–Trinajstić information content (AvgIpc) is 2.69. The number of aromatic nitrogens is 4. The molecule has 0 spiro atoms. The van der Waals surface area contributed by atoms with Gasteiger partial charge in [-0.15, -0.1) is 0 Å². The Balaban J connectivity index is 2.57. The highest BCUT2D eigenvalue weighted by molar-refractivity contribution is 5.82. The van der Waals surface area contributed by atoms with Crippen LogP contribution in [0.4, 0.5) is 5.82 Å². The summed E-state index contributed by atoms with van der Waals surface area (Å²) in [5.74, 6) is 7.26. The average molecular weight is 229 g/mol. The van der Waals surface area contributed by atoms with Gasteiger partial charge >= 0.3 is 0 Å². The first-order chi connectivity index (χ1) is 8.27. The zero-order valence-electron chi connectivity index (χ0n) is 10.1. The molecule has 0 unspecified atom stereocenters. The summed E-state index contributed by atoms with van der Waals surface area (Å²) in [6.07, 6.45) is 3.37. The molecule has 2 N–H and O–H groups in total. The molecular formula is C12H15N5. The van der Waals surface area contributed by atoms with Crippen LogP contribution in [-0.4, -0.2) is 19.5 Å². The first-order valence-electron chi connectivity index (χ1n) is 5.73. The highest BCUT2D eigenvalue weighted by Crippen LogP contribution is 2.16. The maximum absolute atomic E-state index is 5.77. The minimum Gasteiger partial charge on any atom is -0.382 e. The molecule has 2 aromatic heterocycles. The number of imidazole rings is 1. The van der Waals surface area contributed by atoms with E-state index < -0.39 is 0 Å². The Morgan fingerprint density at radius 3 is 2.88 bits per heavy atom. The number of hydrogen-bond donors (Lipinski definition) is 1. The van der Waals surface area contributed by atoms with Crippen LogP contribution >= 0.6 is 0 Å². The molecule has 5 heteroatoms. The fraction of sp³-hybridized carbons (Fsp3) is 0.417. The number of aryl methyl sites for hydroxylation is 1. The van der Waals surface area contributed by atoms with Crippen molar-refractivity contribution in [3.05, 3.63) is 12.2 Å². The Kier molecular flexibility index (Phi) is 3.24. The van der Waals surface area contributed by atoms with Crippen LogP contribution in [0.3, 0.4) is 0 Å². The van der Waals surface area contributed by atoms with Crippen molar-refractivity contribution in [3.63, 3.8) is 0 Å². The van der Waals surface area contributed by atoms with Gasteiger partial charge in [0.25, 0.3) is 0 Å². The second-order valence-corrected chi connectivity index (χ2v) is 3.66. The molecular weight excluding hydrogens is 214 g/mol. The van der Waals surface area contributed by atoms with Crippen molar-refractivity contribution in [1.82, 2.24) is 19.5 Å². The molecule has 2 rings (SSSR count). The van der Waals surface area contributed by atoms with E-state index in [0.29, 0.717) is 17.2 Å². The Labute approximate surface area is 100 Å². The predicted octanol–water partition coefficient (Wildman–Crippen LogP) is 1.58. The molecule has 0 atom stereocenters. The Morgan fingerprint density at radius 1 is 1.35 bits per heavy atom. The molecule has 5 nitrogen and oxygen atoms in total. The maximum atomic E-state index is 5.77. The number of anilines is 1. The van der Waals surface area contributed by atoms with Crippen LogP contribution in [0.5, 0.6) is 0 Å². The summed E-state index contributed by atoms with van der Waals surface area (Å²) in [7, 11) is 0. The fourth-order valence-corrected chi connectivity index (χ4v) is 1.62. The number of nitrogens with two attached hydrogens (primary N) is 1. The summed E-state index contributed by atoms with van der Waals surface area (Å²) in [6.45, 7) is 4.90. The van der Waals surface area contributed by atoms with Crippen molar-refractivity contribution in [2.75, 3.05) is 5.73 Å². The smallest absolute Gasteiger partial charge is 0.187 e. The third-order valence-corrected chi connectivity index (χ3v) is 2.45. The molecule has 0 aliphatic heterocycles. The van der Waals surface area contributed by atoms with Crippen LogP contribution in [0.25, 0.3) is 11.2 Å².